The predicted octanol–water partition coefficient (Wildman–Crippen LogP) is 0.0773. The Morgan fingerprint density at radius 3 is 2.57 bits per heavy atom. The van der Waals surface area contributed by atoms with Gasteiger partial charge in [0.15, 0.2) is 5.41 Å². The molecular weight excluding hydrogens is 296 g/mol. The molecule has 1 spiro atoms. The molecule has 1 aliphatic carbocycles. The summed E-state index contributed by atoms with van der Waals surface area (Å²) in [4.78, 5) is 25.3. The van der Waals surface area contributed by atoms with Gasteiger partial charge in [0, 0.05) is 5.92 Å². The molecule has 4 atom stereocenters. The predicted molar refractivity (Wildman–Crippen MR) is 80.8 cm³/mol. The van der Waals surface area contributed by atoms with E-state index in [0.717, 1.165) is 6.42 Å². The number of nitrogens with one attached hydrogen (secondary N) is 2. The van der Waals surface area contributed by atoms with Crippen molar-refractivity contribution in [1.82, 2.24) is 10.6 Å². The number of carbonyl (C=O) groups is 2. The molecule has 3 aliphatic rings. The molecule has 0 aromatic rings. The first-order valence-corrected chi connectivity index (χ1v) is 7.84. The zero-order valence-corrected chi connectivity index (χ0v) is 13.6. The van der Waals surface area contributed by atoms with Gasteiger partial charge in [-0.3, -0.25) is 9.59 Å². The van der Waals surface area contributed by atoms with E-state index in [1.165, 1.54) is 0 Å². The average Bonchev–Trinajstić information content (AvgIpc) is 2.81. The first kappa shape index (κ1) is 15.8. The van der Waals surface area contributed by atoms with Gasteiger partial charge in [0.25, 0.3) is 0 Å². The van der Waals surface area contributed by atoms with Crippen LogP contribution in [0, 0.1) is 34.0 Å². The van der Waals surface area contributed by atoms with Gasteiger partial charge in [-0.25, -0.2) is 0 Å². The van der Waals surface area contributed by atoms with Crippen molar-refractivity contribution in [3.63, 3.8) is 0 Å². The number of rotatable bonds is 0. The number of hydrogen-bond acceptors (Lipinski definition) is 5. The van der Waals surface area contributed by atoms with Crippen LogP contribution in [-0.2, 0) is 9.59 Å². The molecule has 2 heterocycles. The number of fused-ring (bicyclic) bond motifs is 2. The van der Waals surface area contributed by atoms with Gasteiger partial charge in [-0.15, -0.1) is 0 Å². The smallest absolute Gasteiger partial charge is 0.247 e. The summed E-state index contributed by atoms with van der Waals surface area (Å²) >= 11 is 0. The molecule has 7 nitrogen and oxygen atoms in total. The lowest BCUT2D eigenvalue weighted by atomic mass is 9.59. The highest BCUT2D eigenvalue weighted by Crippen LogP contribution is 2.57. The van der Waals surface area contributed by atoms with Gasteiger partial charge in [-0.1, -0.05) is 20.8 Å². The van der Waals surface area contributed by atoms with Crippen LogP contribution in [0.3, 0.4) is 0 Å². The second-order valence-electron chi connectivity index (χ2n) is 7.93. The largest absolute Gasteiger partial charge is 0.384 e. The number of aliphatic hydroxyl groups is 1. The third-order valence-electron chi connectivity index (χ3n) is 5.79. The Labute approximate surface area is 134 Å². The van der Waals surface area contributed by atoms with Crippen molar-refractivity contribution < 1.29 is 14.7 Å². The number of nitrogens with two attached hydrogens (primary N) is 1. The summed E-state index contributed by atoms with van der Waals surface area (Å²) < 4.78 is 0. The quantitative estimate of drug-likeness (QED) is 0.470. The van der Waals surface area contributed by atoms with Gasteiger partial charge in [-0.2, -0.15) is 5.26 Å². The zero-order chi connectivity index (χ0) is 17.2. The van der Waals surface area contributed by atoms with Crippen molar-refractivity contribution in [2.24, 2.45) is 28.4 Å². The number of hydrogen-bond donors (Lipinski definition) is 4. The maximum Gasteiger partial charge on any atom is 0.247 e. The summed E-state index contributed by atoms with van der Waals surface area (Å²) in [5.74, 6) is -1.80. The third kappa shape index (κ3) is 1.84. The highest BCUT2D eigenvalue weighted by molar-refractivity contribution is 6.14. The lowest BCUT2D eigenvalue weighted by Gasteiger charge is -2.45. The molecule has 3 rings (SSSR count). The topological polar surface area (TPSA) is 128 Å². The fourth-order valence-corrected chi connectivity index (χ4v) is 4.40. The van der Waals surface area contributed by atoms with E-state index in [2.05, 4.69) is 31.4 Å². The Kier molecular flexibility index (Phi) is 3.08. The van der Waals surface area contributed by atoms with Gasteiger partial charge >= 0.3 is 0 Å². The van der Waals surface area contributed by atoms with E-state index in [0.29, 0.717) is 12.8 Å². The third-order valence-corrected chi connectivity index (χ3v) is 5.79. The molecule has 124 valence electrons. The Morgan fingerprint density at radius 1 is 1.35 bits per heavy atom. The van der Waals surface area contributed by atoms with E-state index in [4.69, 9.17) is 5.73 Å². The summed E-state index contributed by atoms with van der Waals surface area (Å²) in [6, 6.07) is 1.91. The first-order chi connectivity index (χ1) is 10.6. The maximum atomic E-state index is 12.7. The maximum absolute atomic E-state index is 12.7. The van der Waals surface area contributed by atoms with E-state index in [1.54, 1.807) is 0 Å². The van der Waals surface area contributed by atoms with E-state index < -0.39 is 28.9 Å². The molecule has 0 radical (unpaired) electrons. The van der Waals surface area contributed by atoms with E-state index in [9.17, 15) is 20.0 Å². The van der Waals surface area contributed by atoms with E-state index >= 15 is 0 Å². The number of nitrogens with zero attached hydrogens (tertiary/aromatic N) is 1. The summed E-state index contributed by atoms with van der Waals surface area (Å²) in [6.45, 7) is 6.30. The monoisotopic (exact) mass is 318 g/mol. The molecule has 1 saturated carbocycles. The van der Waals surface area contributed by atoms with Crippen LogP contribution < -0.4 is 16.4 Å². The molecule has 1 saturated heterocycles. The van der Waals surface area contributed by atoms with E-state index in [-0.39, 0.29) is 22.7 Å². The average molecular weight is 318 g/mol. The van der Waals surface area contributed by atoms with Crippen LogP contribution in [0.5, 0.6) is 0 Å². The van der Waals surface area contributed by atoms with Crippen LogP contribution in [-0.4, -0.2) is 22.6 Å². The first-order valence-electron chi connectivity index (χ1n) is 7.84. The molecule has 7 heteroatoms. The van der Waals surface area contributed by atoms with Crippen LogP contribution in [0.2, 0.25) is 0 Å². The lowest BCUT2D eigenvalue weighted by molar-refractivity contribution is -0.141. The summed E-state index contributed by atoms with van der Waals surface area (Å²) in [7, 11) is 0. The Bertz CT molecular complexity index is 672. The minimum Gasteiger partial charge on any atom is -0.384 e. The summed E-state index contributed by atoms with van der Waals surface area (Å²) in [6.07, 6.45) is 1.58. The van der Waals surface area contributed by atoms with Crippen molar-refractivity contribution in [1.29, 1.82) is 5.26 Å². The van der Waals surface area contributed by atoms with Gasteiger partial charge < -0.3 is 21.5 Å². The molecule has 2 fully saturated rings. The molecule has 23 heavy (non-hydrogen) atoms. The van der Waals surface area contributed by atoms with Crippen LogP contribution in [0.4, 0.5) is 0 Å². The SMILES string of the molecule is CC(C)(C)C1CCC2(O)NC(=O)C3(C(=O)NC(N)=C3C#N)C2C1. The molecule has 0 bridgehead atoms. The molecule has 0 aromatic carbocycles. The van der Waals surface area contributed by atoms with Crippen molar-refractivity contribution in [3.8, 4) is 6.07 Å². The molecule has 5 N–H and O–H groups in total. The molecule has 2 amide bonds. The summed E-state index contributed by atoms with van der Waals surface area (Å²) in [5.41, 5.74) is 2.47. The molecular formula is C16H22N4O3. The highest BCUT2D eigenvalue weighted by Gasteiger charge is 2.71. The van der Waals surface area contributed by atoms with Crippen LogP contribution in [0.25, 0.3) is 0 Å². The van der Waals surface area contributed by atoms with E-state index in [1.807, 2.05) is 6.07 Å². The Balaban J connectivity index is 2.13. The van der Waals surface area contributed by atoms with Crippen molar-refractivity contribution in [2.45, 2.75) is 45.8 Å². The Hall–Kier alpha value is -2.07. The van der Waals surface area contributed by atoms with Gasteiger partial charge in [0.1, 0.15) is 17.6 Å². The normalized spacial score (nSPS) is 40.0. The van der Waals surface area contributed by atoms with Gasteiger partial charge in [-0.05, 0) is 30.6 Å². The van der Waals surface area contributed by atoms with Gasteiger partial charge in [0.05, 0.1) is 5.57 Å². The number of nitriles is 1. The van der Waals surface area contributed by atoms with Crippen molar-refractivity contribution in [3.05, 3.63) is 11.4 Å². The van der Waals surface area contributed by atoms with Crippen molar-refractivity contribution in [2.75, 3.05) is 0 Å². The second kappa shape index (κ2) is 4.48. The van der Waals surface area contributed by atoms with Crippen LogP contribution >= 0.6 is 0 Å². The lowest BCUT2D eigenvalue weighted by Crippen LogP contribution is -2.53. The number of carbonyl (C=O) groups excluding carboxylic acids is 2. The van der Waals surface area contributed by atoms with Crippen molar-refractivity contribution >= 4 is 11.8 Å². The molecule has 4 unspecified atom stereocenters. The molecule has 2 aliphatic heterocycles. The number of amides is 2. The van der Waals surface area contributed by atoms with Crippen LogP contribution in [0.15, 0.2) is 11.4 Å². The fraction of sp³-hybridized carbons (Fsp3) is 0.688. The minimum absolute atomic E-state index is 0.0225. The second-order valence-corrected chi connectivity index (χ2v) is 7.93. The highest BCUT2D eigenvalue weighted by atomic mass is 16.3. The Morgan fingerprint density at radius 2 is 2.00 bits per heavy atom. The standard InChI is InChI=1S/C16H22N4O3/c1-14(2,3)8-4-5-15(23)10(6-8)16(13(22)20-15)9(7-17)11(18)19-12(16)21/h8,10,23H,4-6,18H2,1-3H3,(H,19,21)(H,20,22). The summed E-state index contributed by atoms with van der Waals surface area (Å²) in [5, 5.41) is 25.4. The minimum atomic E-state index is -1.71. The zero-order valence-electron chi connectivity index (χ0n) is 13.6. The van der Waals surface area contributed by atoms with Crippen LogP contribution in [0.1, 0.15) is 40.0 Å². The fourth-order valence-electron chi connectivity index (χ4n) is 4.40. The van der Waals surface area contributed by atoms with Gasteiger partial charge in [0.2, 0.25) is 11.8 Å². The molecule has 0 aromatic heterocycles.